The molecular formula is C17H28N2O2. The minimum atomic E-state index is -1.15. The number of hydrogen-bond donors (Lipinski definition) is 2. The maximum Gasteiger partial charge on any atom is 0.242 e. The second kappa shape index (κ2) is 9.53. The first-order valence-corrected chi connectivity index (χ1v) is 7.83. The first-order chi connectivity index (χ1) is 10.1. The van der Waals surface area contributed by atoms with E-state index in [0.717, 1.165) is 12.0 Å². The lowest BCUT2D eigenvalue weighted by Gasteiger charge is -2.26. The Hall–Kier alpha value is -1.39. The first-order valence-electron chi connectivity index (χ1n) is 7.83. The summed E-state index contributed by atoms with van der Waals surface area (Å²) >= 11 is 0. The third-order valence-corrected chi connectivity index (χ3v) is 3.76. The number of ether oxygens (including phenoxy) is 1. The SMILES string of the molecule is CCCCCCCOCCC(N)(C(N)=O)c1ccccc1. The zero-order valence-electron chi connectivity index (χ0n) is 13.0. The molecule has 4 N–H and O–H groups in total. The van der Waals surface area contributed by atoms with Crippen molar-refractivity contribution in [2.75, 3.05) is 13.2 Å². The van der Waals surface area contributed by atoms with Crippen LogP contribution in [0.2, 0.25) is 0 Å². The van der Waals surface area contributed by atoms with Crippen LogP contribution in [0.5, 0.6) is 0 Å². The second-order valence-corrected chi connectivity index (χ2v) is 5.48. The Balaban J connectivity index is 2.34. The molecule has 21 heavy (non-hydrogen) atoms. The van der Waals surface area contributed by atoms with E-state index in [9.17, 15) is 4.79 Å². The fraction of sp³-hybridized carbons (Fsp3) is 0.588. The standard InChI is InChI=1S/C17H28N2O2/c1-2-3-4-5-9-13-21-14-12-17(19,16(18)20)15-10-7-6-8-11-15/h6-8,10-11H,2-5,9,12-14,19H2,1H3,(H2,18,20). The number of amides is 1. The highest BCUT2D eigenvalue weighted by Gasteiger charge is 2.33. The van der Waals surface area contributed by atoms with Crippen molar-refractivity contribution in [2.24, 2.45) is 11.5 Å². The minimum Gasteiger partial charge on any atom is -0.381 e. The van der Waals surface area contributed by atoms with Crippen molar-refractivity contribution < 1.29 is 9.53 Å². The number of carbonyl (C=O) groups excluding carboxylic acids is 1. The van der Waals surface area contributed by atoms with Crippen molar-refractivity contribution in [1.82, 2.24) is 0 Å². The van der Waals surface area contributed by atoms with E-state index in [1.165, 1.54) is 25.7 Å². The smallest absolute Gasteiger partial charge is 0.242 e. The maximum absolute atomic E-state index is 11.7. The third kappa shape index (κ3) is 5.86. The van der Waals surface area contributed by atoms with Crippen molar-refractivity contribution in [3.05, 3.63) is 35.9 Å². The van der Waals surface area contributed by atoms with Gasteiger partial charge in [-0.1, -0.05) is 62.9 Å². The number of hydrogen-bond acceptors (Lipinski definition) is 3. The Morgan fingerprint density at radius 1 is 1.10 bits per heavy atom. The summed E-state index contributed by atoms with van der Waals surface area (Å²) in [4.78, 5) is 11.7. The number of nitrogens with two attached hydrogens (primary N) is 2. The summed E-state index contributed by atoms with van der Waals surface area (Å²) in [5, 5.41) is 0. The maximum atomic E-state index is 11.7. The van der Waals surface area contributed by atoms with E-state index >= 15 is 0 Å². The fourth-order valence-corrected chi connectivity index (χ4v) is 2.29. The fourth-order valence-electron chi connectivity index (χ4n) is 2.29. The van der Waals surface area contributed by atoms with Crippen LogP contribution in [0.4, 0.5) is 0 Å². The van der Waals surface area contributed by atoms with Crippen LogP contribution in [0.25, 0.3) is 0 Å². The lowest BCUT2D eigenvalue weighted by atomic mass is 9.87. The molecule has 0 saturated heterocycles. The summed E-state index contributed by atoms with van der Waals surface area (Å²) in [6.07, 6.45) is 6.43. The van der Waals surface area contributed by atoms with Crippen LogP contribution >= 0.6 is 0 Å². The Labute approximate surface area is 127 Å². The van der Waals surface area contributed by atoms with Crippen LogP contribution in [0.3, 0.4) is 0 Å². The van der Waals surface area contributed by atoms with Gasteiger partial charge in [-0.25, -0.2) is 0 Å². The summed E-state index contributed by atoms with van der Waals surface area (Å²) in [5.41, 5.74) is 11.3. The number of primary amides is 1. The third-order valence-electron chi connectivity index (χ3n) is 3.76. The average Bonchev–Trinajstić information content (AvgIpc) is 2.50. The predicted octanol–water partition coefficient (Wildman–Crippen LogP) is 2.70. The monoisotopic (exact) mass is 292 g/mol. The molecule has 0 radical (unpaired) electrons. The van der Waals surface area contributed by atoms with Crippen LogP contribution in [0.15, 0.2) is 30.3 Å². The summed E-state index contributed by atoms with van der Waals surface area (Å²) < 4.78 is 5.59. The van der Waals surface area contributed by atoms with Crippen LogP contribution in [-0.2, 0) is 15.1 Å². The number of carbonyl (C=O) groups is 1. The normalized spacial score (nSPS) is 13.8. The average molecular weight is 292 g/mol. The highest BCUT2D eigenvalue weighted by molar-refractivity contribution is 5.85. The number of rotatable bonds is 11. The largest absolute Gasteiger partial charge is 0.381 e. The molecule has 1 aromatic rings. The van der Waals surface area contributed by atoms with Gasteiger partial charge in [0.15, 0.2) is 0 Å². The van der Waals surface area contributed by atoms with E-state index in [-0.39, 0.29) is 0 Å². The van der Waals surface area contributed by atoms with E-state index in [1.54, 1.807) is 0 Å². The lowest BCUT2D eigenvalue weighted by Crippen LogP contribution is -2.49. The van der Waals surface area contributed by atoms with Gasteiger partial charge in [0, 0.05) is 19.6 Å². The molecule has 0 spiro atoms. The van der Waals surface area contributed by atoms with E-state index in [2.05, 4.69) is 6.92 Å². The molecule has 0 saturated carbocycles. The number of unbranched alkanes of at least 4 members (excludes halogenated alkanes) is 4. The molecule has 0 aliphatic rings. The molecule has 0 aromatic heterocycles. The van der Waals surface area contributed by atoms with Crippen molar-refractivity contribution in [2.45, 2.75) is 51.0 Å². The molecule has 1 aromatic carbocycles. The van der Waals surface area contributed by atoms with Gasteiger partial charge >= 0.3 is 0 Å². The van der Waals surface area contributed by atoms with Crippen LogP contribution in [0, 0.1) is 0 Å². The van der Waals surface area contributed by atoms with Gasteiger partial charge in [0.2, 0.25) is 5.91 Å². The Morgan fingerprint density at radius 2 is 1.76 bits per heavy atom. The van der Waals surface area contributed by atoms with Crippen molar-refractivity contribution >= 4 is 5.91 Å². The first kappa shape index (κ1) is 17.7. The topological polar surface area (TPSA) is 78.3 Å². The molecule has 1 amide bonds. The second-order valence-electron chi connectivity index (χ2n) is 5.48. The van der Waals surface area contributed by atoms with Gasteiger partial charge in [0.25, 0.3) is 0 Å². The zero-order chi connectivity index (χ0) is 15.6. The van der Waals surface area contributed by atoms with Crippen LogP contribution < -0.4 is 11.5 Å². The molecule has 1 unspecified atom stereocenters. The van der Waals surface area contributed by atoms with Gasteiger partial charge in [0.05, 0.1) is 0 Å². The molecule has 0 fully saturated rings. The lowest BCUT2D eigenvalue weighted by molar-refractivity contribution is -0.124. The molecule has 4 nitrogen and oxygen atoms in total. The molecule has 118 valence electrons. The van der Waals surface area contributed by atoms with E-state index in [1.807, 2.05) is 30.3 Å². The Bertz CT molecular complexity index is 409. The molecule has 0 bridgehead atoms. The van der Waals surface area contributed by atoms with Crippen LogP contribution in [-0.4, -0.2) is 19.1 Å². The highest BCUT2D eigenvalue weighted by atomic mass is 16.5. The van der Waals surface area contributed by atoms with Gasteiger partial charge < -0.3 is 16.2 Å². The summed E-state index contributed by atoms with van der Waals surface area (Å²) in [6, 6.07) is 9.26. The molecule has 0 aliphatic heterocycles. The van der Waals surface area contributed by atoms with E-state index in [4.69, 9.17) is 16.2 Å². The number of benzene rings is 1. The summed E-state index contributed by atoms with van der Waals surface area (Å²) in [5.74, 6) is -0.514. The molecule has 1 rings (SSSR count). The predicted molar refractivity (Wildman–Crippen MR) is 85.7 cm³/mol. The van der Waals surface area contributed by atoms with Gasteiger partial charge in [-0.05, 0) is 12.0 Å². The van der Waals surface area contributed by atoms with Gasteiger partial charge in [0.1, 0.15) is 5.54 Å². The van der Waals surface area contributed by atoms with E-state index < -0.39 is 11.4 Å². The van der Waals surface area contributed by atoms with Crippen molar-refractivity contribution in [3.63, 3.8) is 0 Å². The van der Waals surface area contributed by atoms with Gasteiger partial charge in [-0.3, -0.25) is 4.79 Å². The van der Waals surface area contributed by atoms with Crippen molar-refractivity contribution in [3.8, 4) is 0 Å². The molecule has 0 heterocycles. The molecular weight excluding hydrogens is 264 g/mol. The zero-order valence-corrected chi connectivity index (χ0v) is 13.0. The highest BCUT2D eigenvalue weighted by Crippen LogP contribution is 2.21. The van der Waals surface area contributed by atoms with Gasteiger partial charge in [-0.15, -0.1) is 0 Å². The minimum absolute atomic E-state index is 0.404. The Morgan fingerprint density at radius 3 is 2.38 bits per heavy atom. The van der Waals surface area contributed by atoms with Gasteiger partial charge in [-0.2, -0.15) is 0 Å². The molecule has 0 aliphatic carbocycles. The van der Waals surface area contributed by atoms with Crippen LogP contribution in [0.1, 0.15) is 51.0 Å². The molecule has 4 heteroatoms. The van der Waals surface area contributed by atoms with E-state index in [0.29, 0.717) is 19.6 Å². The Kier molecular flexibility index (Phi) is 8.01. The summed E-state index contributed by atoms with van der Waals surface area (Å²) in [6.45, 7) is 3.36. The quantitative estimate of drug-likeness (QED) is 0.615. The van der Waals surface area contributed by atoms with Crippen molar-refractivity contribution in [1.29, 1.82) is 0 Å². The molecule has 1 atom stereocenters. The summed E-state index contributed by atoms with van der Waals surface area (Å²) in [7, 11) is 0.